The molecule has 0 radical (unpaired) electrons. The minimum absolute atomic E-state index is 0.812. The van der Waals surface area contributed by atoms with Crippen LogP contribution in [0.1, 0.15) is 38.7 Å². The molecule has 96 valence electrons. The van der Waals surface area contributed by atoms with Gasteiger partial charge in [-0.25, -0.2) is 0 Å². The van der Waals surface area contributed by atoms with E-state index in [0.29, 0.717) is 0 Å². The van der Waals surface area contributed by atoms with E-state index in [2.05, 4.69) is 36.5 Å². The maximum absolute atomic E-state index is 5.29. The van der Waals surface area contributed by atoms with E-state index >= 15 is 0 Å². The first-order valence-electron chi connectivity index (χ1n) is 6.77. The molecule has 0 amide bonds. The molecule has 0 fully saturated rings. The Hall–Kier alpha value is -1.02. The molecule has 0 aliphatic heterocycles. The van der Waals surface area contributed by atoms with Gasteiger partial charge in [0.15, 0.2) is 0 Å². The summed E-state index contributed by atoms with van der Waals surface area (Å²) >= 11 is 0. The lowest BCUT2D eigenvalue weighted by molar-refractivity contribution is 0.147. The van der Waals surface area contributed by atoms with Gasteiger partial charge in [0.05, 0.1) is 0 Å². The highest BCUT2D eigenvalue weighted by molar-refractivity contribution is 5.44. The van der Waals surface area contributed by atoms with E-state index in [9.17, 15) is 0 Å². The summed E-state index contributed by atoms with van der Waals surface area (Å²) in [6, 6.07) is 8.79. The summed E-state index contributed by atoms with van der Waals surface area (Å²) in [6.45, 7) is 6.90. The third kappa shape index (κ3) is 6.32. The van der Waals surface area contributed by atoms with E-state index in [-0.39, 0.29) is 0 Å². The zero-order valence-corrected chi connectivity index (χ0v) is 11.2. The number of rotatable bonds is 9. The maximum atomic E-state index is 5.29. The lowest BCUT2D eigenvalue weighted by atomic mass is 10.1. The number of nitrogens with one attached hydrogen (secondary N) is 1. The maximum Gasteiger partial charge on any atom is 0.0482 e. The van der Waals surface area contributed by atoms with Crippen LogP contribution in [0.2, 0.25) is 0 Å². The molecule has 0 spiro atoms. The van der Waals surface area contributed by atoms with Gasteiger partial charge >= 0.3 is 0 Å². The monoisotopic (exact) mass is 235 g/mol. The fraction of sp³-hybridized carbons (Fsp3) is 0.600. The zero-order valence-electron chi connectivity index (χ0n) is 11.2. The topological polar surface area (TPSA) is 21.3 Å². The number of hydrogen-bond acceptors (Lipinski definition) is 2. The number of anilines is 1. The second-order valence-electron chi connectivity index (χ2n) is 4.28. The number of hydrogen-bond donors (Lipinski definition) is 1. The van der Waals surface area contributed by atoms with E-state index in [1.165, 1.54) is 30.5 Å². The second kappa shape index (κ2) is 9.06. The molecule has 0 aliphatic carbocycles. The quantitative estimate of drug-likeness (QED) is 0.656. The summed E-state index contributed by atoms with van der Waals surface area (Å²) in [5.74, 6) is 0. The number of unbranched alkanes of at least 4 members (excludes halogenated alkanes) is 1. The highest BCUT2D eigenvalue weighted by atomic mass is 16.5. The number of aryl methyl sites for hydroxylation is 1. The van der Waals surface area contributed by atoms with Crippen molar-refractivity contribution >= 4 is 5.69 Å². The Kier molecular flexibility index (Phi) is 7.48. The first-order valence-corrected chi connectivity index (χ1v) is 6.77. The van der Waals surface area contributed by atoms with Gasteiger partial charge in [-0.15, -0.1) is 0 Å². The molecule has 0 atom stereocenters. The molecule has 0 saturated heterocycles. The lowest BCUT2D eigenvalue weighted by Gasteiger charge is -2.07. The molecule has 2 heteroatoms. The smallest absolute Gasteiger partial charge is 0.0482 e. The van der Waals surface area contributed by atoms with Crippen molar-refractivity contribution in [2.75, 3.05) is 25.1 Å². The first-order chi connectivity index (χ1) is 8.36. The molecular formula is C15H25NO. The van der Waals surface area contributed by atoms with Gasteiger partial charge in [-0.1, -0.05) is 25.5 Å². The fourth-order valence-electron chi connectivity index (χ4n) is 1.72. The van der Waals surface area contributed by atoms with Gasteiger partial charge < -0.3 is 10.1 Å². The Morgan fingerprint density at radius 3 is 2.47 bits per heavy atom. The Balaban J connectivity index is 2.20. The number of benzene rings is 1. The summed E-state index contributed by atoms with van der Waals surface area (Å²) in [5.41, 5.74) is 2.65. The SMILES string of the molecule is CCCCc1ccc(NCCCOCC)cc1. The molecule has 1 aromatic carbocycles. The average molecular weight is 235 g/mol. The Morgan fingerprint density at radius 1 is 1.06 bits per heavy atom. The average Bonchev–Trinajstić information content (AvgIpc) is 2.37. The lowest BCUT2D eigenvalue weighted by Crippen LogP contribution is -2.05. The molecular weight excluding hydrogens is 210 g/mol. The van der Waals surface area contributed by atoms with E-state index < -0.39 is 0 Å². The van der Waals surface area contributed by atoms with E-state index in [4.69, 9.17) is 4.74 Å². The minimum Gasteiger partial charge on any atom is -0.385 e. The third-order valence-corrected chi connectivity index (χ3v) is 2.77. The van der Waals surface area contributed by atoms with Gasteiger partial charge in [-0.05, 0) is 43.9 Å². The summed E-state index contributed by atoms with van der Waals surface area (Å²) < 4.78 is 5.29. The summed E-state index contributed by atoms with van der Waals surface area (Å²) in [4.78, 5) is 0. The van der Waals surface area contributed by atoms with Crippen LogP contribution in [0.4, 0.5) is 5.69 Å². The standard InChI is InChI=1S/C15H25NO/c1-3-5-7-14-8-10-15(11-9-14)16-12-6-13-17-4-2/h8-11,16H,3-7,12-13H2,1-2H3. The van der Waals surface area contributed by atoms with Crippen LogP contribution in [-0.2, 0) is 11.2 Å². The van der Waals surface area contributed by atoms with Crippen LogP contribution in [0.3, 0.4) is 0 Å². The van der Waals surface area contributed by atoms with Crippen molar-refractivity contribution in [2.24, 2.45) is 0 Å². The molecule has 0 saturated carbocycles. The normalized spacial score (nSPS) is 10.5. The van der Waals surface area contributed by atoms with Crippen molar-refractivity contribution in [1.82, 2.24) is 0 Å². The van der Waals surface area contributed by atoms with Crippen molar-refractivity contribution in [2.45, 2.75) is 39.5 Å². The zero-order chi connectivity index (χ0) is 12.3. The van der Waals surface area contributed by atoms with Crippen molar-refractivity contribution in [1.29, 1.82) is 0 Å². The Morgan fingerprint density at radius 2 is 1.82 bits per heavy atom. The minimum atomic E-state index is 0.812. The van der Waals surface area contributed by atoms with Crippen LogP contribution in [0.25, 0.3) is 0 Å². The van der Waals surface area contributed by atoms with Crippen molar-refractivity contribution in [3.05, 3.63) is 29.8 Å². The summed E-state index contributed by atoms with van der Waals surface area (Å²) in [7, 11) is 0. The van der Waals surface area contributed by atoms with E-state index in [1.54, 1.807) is 0 Å². The summed E-state index contributed by atoms with van der Waals surface area (Å²) in [6.07, 6.45) is 4.80. The predicted molar refractivity (Wildman–Crippen MR) is 74.7 cm³/mol. The molecule has 1 aromatic rings. The molecule has 0 unspecified atom stereocenters. The largest absolute Gasteiger partial charge is 0.385 e. The molecule has 0 aromatic heterocycles. The Bertz CT molecular complexity index is 281. The van der Waals surface area contributed by atoms with Crippen molar-refractivity contribution in [3.63, 3.8) is 0 Å². The van der Waals surface area contributed by atoms with Crippen LogP contribution in [0.15, 0.2) is 24.3 Å². The van der Waals surface area contributed by atoms with Crippen molar-refractivity contribution in [3.8, 4) is 0 Å². The molecule has 2 nitrogen and oxygen atoms in total. The molecule has 0 bridgehead atoms. The highest BCUT2D eigenvalue weighted by Gasteiger charge is 1.94. The molecule has 17 heavy (non-hydrogen) atoms. The number of ether oxygens (including phenoxy) is 1. The van der Waals surface area contributed by atoms with E-state index in [1.807, 2.05) is 6.92 Å². The second-order valence-corrected chi connectivity index (χ2v) is 4.28. The van der Waals surface area contributed by atoms with Gasteiger partial charge in [0.2, 0.25) is 0 Å². The van der Waals surface area contributed by atoms with Crippen LogP contribution < -0.4 is 5.32 Å². The van der Waals surface area contributed by atoms with Crippen LogP contribution in [0.5, 0.6) is 0 Å². The molecule has 0 heterocycles. The van der Waals surface area contributed by atoms with Crippen LogP contribution in [0, 0.1) is 0 Å². The van der Waals surface area contributed by atoms with Gasteiger partial charge in [0, 0.05) is 25.4 Å². The molecule has 0 aliphatic rings. The fourth-order valence-corrected chi connectivity index (χ4v) is 1.72. The van der Waals surface area contributed by atoms with Crippen LogP contribution >= 0.6 is 0 Å². The highest BCUT2D eigenvalue weighted by Crippen LogP contribution is 2.11. The van der Waals surface area contributed by atoms with Gasteiger partial charge in [0.1, 0.15) is 0 Å². The van der Waals surface area contributed by atoms with Gasteiger partial charge in [0.25, 0.3) is 0 Å². The predicted octanol–water partition coefficient (Wildman–Crippen LogP) is 3.87. The summed E-state index contributed by atoms with van der Waals surface area (Å²) in [5, 5.41) is 3.41. The third-order valence-electron chi connectivity index (χ3n) is 2.77. The molecule has 1 N–H and O–H groups in total. The first kappa shape index (κ1) is 14.0. The Labute approximate surface area is 105 Å². The van der Waals surface area contributed by atoms with Crippen LogP contribution in [-0.4, -0.2) is 19.8 Å². The van der Waals surface area contributed by atoms with E-state index in [0.717, 1.165) is 26.2 Å². The van der Waals surface area contributed by atoms with Gasteiger partial charge in [-0.2, -0.15) is 0 Å². The van der Waals surface area contributed by atoms with Crippen molar-refractivity contribution < 1.29 is 4.74 Å². The molecule has 1 rings (SSSR count). The van der Waals surface area contributed by atoms with Gasteiger partial charge in [-0.3, -0.25) is 0 Å².